The molecule has 1 aromatic carbocycles. The number of rotatable bonds is 5. The molecule has 0 fully saturated rings. The van der Waals surface area contributed by atoms with E-state index in [-0.39, 0.29) is 29.2 Å². The summed E-state index contributed by atoms with van der Waals surface area (Å²) in [6, 6.07) is 12.9. The lowest BCUT2D eigenvalue weighted by Gasteiger charge is -2.07. The van der Waals surface area contributed by atoms with Crippen LogP contribution in [-0.4, -0.2) is 10.9 Å². The number of carbonyl (C=O) groups excluding carboxylic acids is 1. The van der Waals surface area contributed by atoms with Gasteiger partial charge < -0.3 is 9.73 Å². The molecule has 2 aromatic heterocycles. The zero-order chi connectivity index (χ0) is 20.9. The highest BCUT2D eigenvalue weighted by molar-refractivity contribution is 6.01. The number of halogens is 3. The molecule has 0 bridgehead atoms. The summed E-state index contributed by atoms with van der Waals surface area (Å²) < 4.78 is 44.1. The maximum Gasteiger partial charge on any atom is 0.416 e. The summed E-state index contributed by atoms with van der Waals surface area (Å²) in [6.45, 7) is 0.194. The Hall–Kier alpha value is -3.86. The summed E-state index contributed by atoms with van der Waals surface area (Å²) in [5.74, 6) is -0.241. The normalized spacial score (nSPS) is 11.7. The van der Waals surface area contributed by atoms with Crippen LogP contribution < -0.4 is 5.32 Å². The average Bonchev–Trinajstić information content (AvgIpc) is 3.19. The number of carbonyl (C=O) groups is 1. The fraction of sp³-hybridized carbons (Fsp3) is 0.0952. The summed E-state index contributed by atoms with van der Waals surface area (Å²) in [7, 11) is 0. The van der Waals surface area contributed by atoms with Crippen LogP contribution in [-0.2, 0) is 17.5 Å². The van der Waals surface area contributed by atoms with Crippen LogP contribution in [0.25, 0.3) is 17.4 Å². The first-order chi connectivity index (χ1) is 13.9. The Morgan fingerprint density at radius 3 is 2.72 bits per heavy atom. The summed E-state index contributed by atoms with van der Waals surface area (Å²) in [6.07, 6.45) is -0.0455. The Balaban J connectivity index is 1.76. The molecule has 0 aliphatic rings. The molecular weight excluding hydrogens is 383 g/mol. The van der Waals surface area contributed by atoms with Crippen LogP contribution in [0.15, 0.2) is 70.9 Å². The monoisotopic (exact) mass is 397 g/mol. The zero-order valence-electron chi connectivity index (χ0n) is 14.9. The van der Waals surface area contributed by atoms with Gasteiger partial charge in [-0.2, -0.15) is 18.4 Å². The van der Waals surface area contributed by atoms with Gasteiger partial charge in [-0.05, 0) is 35.9 Å². The largest absolute Gasteiger partial charge is 0.457 e. The number of pyridine rings is 1. The van der Waals surface area contributed by atoms with Gasteiger partial charge in [0, 0.05) is 30.6 Å². The van der Waals surface area contributed by atoms with E-state index in [0.29, 0.717) is 0 Å². The summed E-state index contributed by atoms with van der Waals surface area (Å²) in [4.78, 5) is 16.1. The van der Waals surface area contributed by atoms with E-state index >= 15 is 0 Å². The zero-order valence-corrected chi connectivity index (χ0v) is 14.9. The second kappa shape index (κ2) is 8.44. The van der Waals surface area contributed by atoms with Crippen LogP contribution in [0.2, 0.25) is 0 Å². The van der Waals surface area contributed by atoms with Crippen LogP contribution in [0.4, 0.5) is 13.2 Å². The van der Waals surface area contributed by atoms with Crippen molar-refractivity contribution in [1.29, 1.82) is 5.26 Å². The number of alkyl halides is 3. The van der Waals surface area contributed by atoms with Gasteiger partial charge in [0.25, 0.3) is 5.91 Å². The molecule has 0 saturated heterocycles. The molecule has 0 unspecified atom stereocenters. The summed E-state index contributed by atoms with van der Waals surface area (Å²) >= 11 is 0. The van der Waals surface area contributed by atoms with E-state index in [2.05, 4.69) is 10.3 Å². The van der Waals surface area contributed by atoms with Gasteiger partial charge in [0.15, 0.2) is 0 Å². The summed E-state index contributed by atoms with van der Waals surface area (Å²) in [5, 5.41) is 11.8. The van der Waals surface area contributed by atoms with E-state index in [0.717, 1.165) is 17.7 Å². The Bertz CT molecular complexity index is 1080. The lowest BCUT2D eigenvalue weighted by molar-refractivity contribution is -0.137. The van der Waals surface area contributed by atoms with Crippen molar-refractivity contribution in [2.75, 3.05) is 0 Å². The predicted molar refractivity (Wildman–Crippen MR) is 98.8 cm³/mol. The summed E-state index contributed by atoms with van der Waals surface area (Å²) in [5.41, 5.74) is 0.0109. The number of nitriles is 1. The topological polar surface area (TPSA) is 78.9 Å². The highest BCUT2D eigenvalue weighted by atomic mass is 19.4. The maximum atomic E-state index is 12.9. The number of nitrogens with one attached hydrogen (secondary N) is 1. The fourth-order valence-electron chi connectivity index (χ4n) is 2.51. The molecule has 1 amide bonds. The number of hydrogen-bond acceptors (Lipinski definition) is 4. The minimum absolute atomic E-state index is 0.172. The molecule has 5 nitrogen and oxygen atoms in total. The van der Waals surface area contributed by atoms with Crippen molar-refractivity contribution in [2.45, 2.75) is 12.7 Å². The first-order valence-electron chi connectivity index (χ1n) is 8.43. The van der Waals surface area contributed by atoms with Gasteiger partial charge in [-0.1, -0.05) is 18.2 Å². The highest BCUT2D eigenvalue weighted by Crippen LogP contribution is 2.32. The number of amides is 1. The maximum absolute atomic E-state index is 12.9. The predicted octanol–water partition coefficient (Wildman–Crippen LogP) is 4.58. The Labute approximate surface area is 164 Å². The molecule has 8 heteroatoms. The molecule has 0 aliphatic carbocycles. The molecule has 146 valence electrons. The molecule has 0 atom stereocenters. The lowest BCUT2D eigenvalue weighted by Crippen LogP contribution is -2.23. The molecule has 0 aliphatic heterocycles. The van der Waals surface area contributed by atoms with Gasteiger partial charge in [-0.15, -0.1) is 0 Å². The molecule has 2 heterocycles. The van der Waals surface area contributed by atoms with Gasteiger partial charge in [-0.25, -0.2) is 0 Å². The first kappa shape index (κ1) is 19.9. The average molecular weight is 397 g/mol. The van der Waals surface area contributed by atoms with Crippen LogP contribution in [0.1, 0.15) is 16.9 Å². The van der Waals surface area contributed by atoms with E-state index in [9.17, 15) is 23.2 Å². The number of benzene rings is 1. The number of nitrogens with zero attached hydrogens (tertiary/aromatic N) is 2. The SMILES string of the molecule is N#CC(=Cc1ccc(-c2cccc(C(F)(F)F)c2)o1)C(=O)NCc1cccnc1. The van der Waals surface area contributed by atoms with Crippen molar-refractivity contribution in [3.05, 3.63) is 83.4 Å². The second-order valence-corrected chi connectivity index (χ2v) is 5.99. The van der Waals surface area contributed by atoms with E-state index < -0.39 is 17.6 Å². The number of aromatic nitrogens is 1. The molecule has 1 N–H and O–H groups in total. The van der Waals surface area contributed by atoms with Crippen molar-refractivity contribution in [3.8, 4) is 17.4 Å². The highest BCUT2D eigenvalue weighted by Gasteiger charge is 2.30. The van der Waals surface area contributed by atoms with Gasteiger partial charge in [0.2, 0.25) is 0 Å². The molecule has 0 radical (unpaired) electrons. The molecule has 29 heavy (non-hydrogen) atoms. The van der Waals surface area contributed by atoms with Gasteiger partial charge in [0.1, 0.15) is 23.2 Å². The van der Waals surface area contributed by atoms with Crippen molar-refractivity contribution in [1.82, 2.24) is 10.3 Å². The number of hydrogen-bond donors (Lipinski definition) is 1. The van der Waals surface area contributed by atoms with E-state index in [1.807, 2.05) is 0 Å². The third-order valence-electron chi connectivity index (χ3n) is 3.93. The van der Waals surface area contributed by atoms with Crippen molar-refractivity contribution < 1.29 is 22.4 Å². The van der Waals surface area contributed by atoms with Crippen molar-refractivity contribution in [2.24, 2.45) is 0 Å². The first-order valence-corrected chi connectivity index (χ1v) is 8.43. The van der Waals surface area contributed by atoms with Gasteiger partial charge in [0.05, 0.1) is 5.56 Å². The Morgan fingerprint density at radius 2 is 2.03 bits per heavy atom. The minimum Gasteiger partial charge on any atom is -0.457 e. The smallest absolute Gasteiger partial charge is 0.416 e. The van der Waals surface area contributed by atoms with Crippen LogP contribution >= 0.6 is 0 Å². The minimum atomic E-state index is -4.47. The number of furan rings is 1. The van der Waals surface area contributed by atoms with Crippen LogP contribution in [0, 0.1) is 11.3 Å². The van der Waals surface area contributed by atoms with E-state index in [4.69, 9.17) is 4.42 Å². The van der Waals surface area contributed by atoms with E-state index in [1.165, 1.54) is 30.3 Å². The second-order valence-electron chi connectivity index (χ2n) is 5.99. The molecule has 3 rings (SSSR count). The van der Waals surface area contributed by atoms with Gasteiger partial charge in [-0.3, -0.25) is 9.78 Å². The third kappa shape index (κ3) is 5.11. The third-order valence-corrected chi connectivity index (χ3v) is 3.93. The fourth-order valence-corrected chi connectivity index (χ4v) is 2.51. The van der Waals surface area contributed by atoms with Crippen molar-refractivity contribution >= 4 is 12.0 Å². The van der Waals surface area contributed by atoms with Gasteiger partial charge >= 0.3 is 6.18 Å². The quantitative estimate of drug-likeness (QED) is 0.505. The molecular formula is C21H14F3N3O2. The van der Waals surface area contributed by atoms with Crippen LogP contribution in [0.5, 0.6) is 0 Å². The molecule has 0 spiro atoms. The van der Waals surface area contributed by atoms with Crippen molar-refractivity contribution in [3.63, 3.8) is 0 Å². The van der Waals surface area contributed by atoms with Crippen LogP contribution in [0.3, 0.4) is 0 Å². The molecule has 3 aromatic rings. The lowest BCUT2D eigenvalue weighted by atomic mass is 10.1. The standard InChI is InChI=1S/C21H14F3N3O2/c22-21(23,24)17-5-1-4-15(9-17)19-7-6-18(29-19)10-16(11-25)20(28)27-13-14-3-2-8-26-12-14/h1-10,12H,13H2,(H,27,28). The van der Waals surface area contributed by atoms with E-state index in [1.54, 1.807) is 30.6 Å². The molecule has 0 saturated carbocycles. The Kier molecular flexibility index (Phi) is 5.79. The Morgan fingerprint density at radius 1 is 1.21 bits per heavy atom.